The molecule has 74 valence electrons. The summed E-state index contributed by atoms with van der Waals surface area (Å²) in [7, 11) is 1.81. The van der Waals surface area contributed by atoms with Gasteiger partial charge in [0.15, 0.2) is 0 Å². The van der Waals surface area contributed by atoms with E-state index in [-0.39, 0.29) is 6.54 Å². The summed E-state index contributed by atoms with van der Waals surface area (Å²) in [5, 5.41) is 11.7. The molecule has 0 aliphatic carbocycles. The van der Waals surface area contributed by atoms with Crippen molar-refractivity contribution in [1.82, 2.24) is 20.0 Å². The molecular formula is C7H8BrN5O. The Morgan fingerprint density at radius 2 is 2.36 bits per heavy atom. The average Bonchev–Trinajstić information content (AvgIpc) is 2.75. The van der Waals surface area contributed by atoms with Gasteiger partial charge in [0.25, 0.3) is 5.89 Å². The van der Waals surface area contributed by atoms with Gasteiger partial charge in [0.1, 0.15) is 4.60 Å². The van der Waals surface area contributed by atoms with E-state index in [1.807, 2.05) is 7.05 Å². The molecule has 14 heavy (non-hydrogen) atoms. The van der Waals surface area contributed by atoms with Crippen molar-refractivity contribution in [2.24, 2.45) is 12.8 Å². The van der Waals surface area contributed by atoms with Crippen molar-refractivity contribution in [3.05, 3.63) is 16.7 Å². The molecule has 0 fully saturated rings. The number of aryl methyl sites for hydroxylation is 1. The number of nitrogens with zero attached hydrogens (tertiary/aromatic N) is 4. The van der Waals surface area contributed by atoms with Crippen molar-refractivity contribution in [3.8, 4) is 11.5 Å². The highest BCUT2D eigenvalue weighted by atomic mass is 79.9. The maximum absolute atomic E-state index is 5.36. The van der Waals surface area contributed by atoms with Gasteiger partial charge in [-0.15, -0.1) is 10.2 Å². The standard InChI is InChI=1S/C7H8BrN5O/c1-13-6(8)4(3-10-13)7-12-11-5(2-9)14-7/h3H,2,9H2,1H3. The van der Waals surface area contributed by atoms with Crippen LogP contribution in [0.25, 0.3) is 11.5 Å². The molecule has 2 heterocycles. The molecule has 6 nitrogen and oxygen atoms in total. The molecule has 0 aromatic carbocycles. The lowest BCUT2D eigenvalue weighted by molar-refractivity contribution is 0.508. The fourth-order valence-corrected chi connectivity index (χ4v) is 1.37. The van der Waals surface area contributed by atoms with Crippen LogP contribution in [0.5, 0.6) is 0 Å². The maximum Gasteiger partial charge on any atom is 0.252 e. The first-order valence-electron chi connectivity index (χ1n) is 3.92. The maximum atomic E-state index is 5.36. The van der Waals surface area contributed by atoms with Gasteiger partial charge in [-0.1, -0.05) is 0 Å². The molecule has 0 bridgehead atoms. The molecule has 0 aliphatic heterocycles. The zero-order chi connectivity index (χ0) is 10.1. The van der Waals surface area contributed by atoms with Gasteiger partial charge >= 0.3 is 0 Å². The Morgan fingerprint density at radius 3 is 2.86 bits per heavy atom. The molecule has 7 heteroatoms. The van der Waals surface area contributed by atoms with Crippen LogP contribution in [0.15, 0.2) is 15.2 Å². The van der Waals surface area contributed by atoms with Gasteiger partial charge in [0.2, 0.25) is 5.89 Å². The lowest BCUT2D eigenvalue weighted by Crippen LogP contribution is -1.95. The zero-order valence-corrected chi connectivity index (χ0v) is 9.02. The third kappa shape index (κ3) is 1.44. The Balaban J connectivity index is 2.44. The minimum atomic E-state index is 0.241. The van der Waals surface area contributed by atoms with E-state index in [1.165, 1.54) is 0 Å². The van der Waals surface area contributed by atoms with Gasteiger partial charge in [0.05, 0.1) is 18.3 Å². The van der Waals surface area contributed by atoms with Crippen LogP contribution in [-0.4, -0.2) is 20.0 Å². The summed E-state index contributed by atoms with van der Waals surface area (Å²) in [5.74, 6) is 0.834. The van der Waals surface area contributed by atoms with Crippen molar-refractivity contribution < 1.29 is 4.42 Å². The van der Waals surface area contributed by atoms with Crippen molar-refractivity contribution in [2.75, 3.05) is 0 Å². The number of hydrogen-bond acceptors (Lipinski definition) is 5. The normalized spacial score (nSPS) is 10.8. The molecule has 2 rings (SSSR count). The summed E-state index contributed by atoms with van der Waals surface area (Å²) in [6.45, 7) is 0.241. The van der Waals surface area contributed by atoms with E-state index in [9.17, 15) is 0 Å². The predicted octanol–water partition coefficient (Wildman–Crippen LogP) is 0.691. The van der Waals surface area contributed by atoms with E-state index < -0.39 is 0 Å². The molecule has 2 N–H and O–H groups in total. The highest BCUT2D eigenvalue weighted by Gasteiger charge is 2.14. The third-order valence-corrected chi connectivity index (χ3v) is 2.68. The monoisotopic (exact) mass is 257 g/mol. The van der Waals surface area contributed by atoms with Crippen LogP contribution in [-0.2, 0) is 13.6 Å². The summed E-state index contributed by atoms with van der Waals surface area (Å²) in [6, 6.07) is 0. The molecule has 0 saturated carbocycles. The Hall–Kier alpha value is -1.21. The minimum absolute atomic E-state index is 0.241. The highest BCUT2D eigenvalue weighted by molar-refractivity contribution is 9.10. The lowest BCUT2D eigenvalue weighted by atomic mass is 10.4. The molecule has 0 aliphatic rings. The van der Waals surface area contributed by atoms with E-state index in [1.54, 1.807) is 10.9 Å². The van der Waals surface area contributed by atoms with Gasteiger partial charge < -0.3 is 10.2 Å². The summed E-state index contributed by atoms with van der Waals surface area (Å²) >= 11 is 3.36. The first-order valence-corrected chi connectivity index (χ1v) is 4.72. The van der Waals surface area contributed by atoms with Gasteiger partial charge in [-0.3, -0.25) is 4.68 Å². The van der Waals surface area contributed by atoms with Gasteiger partial charge in [0, 0.05) is 7.05 Å². The van der Waals surface area contributed by atoms with E-state index in [0.717, 1.165) is 10.2 Å². The van der Waals surface area contributed by atoms with Crippen molar-refractivity contribution in [3.63, 3.8) is 0 Å². The summed E-state index contributed by atoms with van der Waals surface area (Å²) < 4.78 is 7.75. The molecule has 2 aromatic heterocycles. The second-order valence-corrected chi connectivity index (χ2v) is 3.43. The predicted molar refractivity (Wildman–Crippen MR) is 52.1 cm³/mol. The molecule has 0 amide bonds. The number of halogens is 1. The second-order valence-electron chi connectivity index (χ2n) is 2.68. The molecule has 0 spiro atoms. The first-order chi connectivity index (χ1) is 6.72. The van der Waals surface area contributed by atoms with Gasteiger partial charge in [-0.05, 0) is 15.9 Å². The van der Waals surface area contributed by atoms with Crippen LogP contribution < -0.4 is 5.73 Å². The quantitative estimate of drug-likeness (QED) is 0.856. The van der Waals surface area contributed by atoms with E-state index >= 15 is 0 Å². The van der Waals surface area contributed by atoms with E-state index in [2.05, 4.69) is 31.2 Å². The summed E-state index contributed by atoms with van der Waals surface area (Å²) in [5.41, 5.74) is 6.12. The molecule has 2 aromatic rings. The van der Waals surface area contributed by atoms with Crippen molar-refractivity contribution >= 4 is 15.9 Å². The van der Waals surface area contributed by atoms with Crippen molar-refractivity contribution in [2.45, 2.75) is 6.54 Å². The fourth-order valence-electron chi connectivity index (χ4n) is 1.01. The smallest absolute Gasteiger partial charge is 0.252 e. The number of aromatic nitrogens is 4. The number of nitrogens with two attached hydrogens (primary N) is 1. The van der Waals surface area contributed by atoms with Crippen molar-refractivity contribution in [1.29, 1.82) is 0 Å². The lowest BCUT2D eigenvalue weighted by Gasteiger charge is -1.92. The SMILES string of the molecule is Cn1ncc(-c2nnc(CN)o2)c1Br. The second kappa shape index (κ2) is 3.50. The molecule has 0 saturated heterocycles. The molecule has 0 radical (unpaired) electrons. The Morgan fingerprint density at radius 1 is 1.57 bits per heavy atom. The molecular weight excluding hydrogens is 250 g/mol. The largest absolute Gasteiger partial charge is 0.419 e. The number of rotatable bonds is 2. The molecule has 0 atom stereocenters. The van der Waals surface area contributed by atoms with Crippen LogP contribution in [0.1, 0.15) is 5.89 Å². The van der Waals surface area contributed by atoms with Crippen LogP contribution >= 0.6 is 15.9 Å². The van der Waals surface area contributed by atoms with E-state index in [4.69, 9.17) is 10.2 Å². The van der Waals surface area contributed by atoms with Crippen LogP contribution in [0.3, 0.4) is 0 Å². The topological polar surface area (TPSA) is 82.8 Å². The highest BCUT2D eigenvalue weighted by Crippen LogP contribution is 2.25. The fraction of sp³-hybridized carbons (Fsp3) is 0.286. The van der Waals surface area contributed by atoms with E-state index in [0.29, 0.717) is 11.8 Å². The Bertz CT molecular complexity index is 449. The zero-order valence-electron chi connectivity index (χ0n) is 7.44. The third-order valence-electron chi connectivity index (χ3n) is 1.74. The Kier molecular flexibility index (Phi) is 2.34. The Labute approximate surface area is 88.2 Å². The van der Waals surface area contributed by atoms with Gasteiger partial charge in [-0.2, -0.15) is 5.10 Å². The van der Waals surface area contributed by atoms with Gasteiger partial charge in [-0.25, -0.2) is 0 Å². The number of hydrogen-bond donors (Lipinski definition) is 1. The first kappa shape index (κ1) is 9.35. The van der Waals surface area contributed by atoms with Crippen LogP contribution in [0, 0.1) is 0 Å². The molecule has 0 unspecified atom stereocenters. The van der Waals surface area contributed by atoms with Crippen LogP contribution in [0.2, 0.25) is 0 Å². The average molecular weight is 258 g/mol. The van der Waals surface area contributed by atoms with Crippen LogP contribution in [0.4, 0.5) is 0 Å². The summed E-state index contributed by atoms with van der Waals surface area (Å²) in [4.78, 5) is 0. The summed E-state index contributed by atoms with van der Waals surface area (Å²) in [6.07, 6.45) is 1.65. The minimum Gasteiger partial charge on any atom is -0.419 e.